The Morgan fingerprint density at radius 1 is 1.37 bits per heavy atom. The monoisotopic (exact) mass is 264 g/mol. The molecule has 1 aliphatic rings. The summed E-state index contributed by atoms with van der Waals surface area (Å²) in [6.45, 7) is 3.68. The van der Waals surface area contributed by atoms with E-state index in [9.17, 15) is 4.79 Å². The number of rotatable bonds is 6. The maximum atomic E-state index is 10.9. The Labute approximate surface area is 113 Å². The highest BCUT2D eigenvalue weighted by Crippen LogP contribution is 2.23. The highest BCUT2D eigenvalue weighted by molar-refractivity contribution is 5.76. The van der Waals surface area contributed by atoms with Crippen LogP contribution in [0, 0.1) is 0 Å². The molecule has 3 N–H and O–H groups in total. The second kappa shape index (κ2) is 6.54. The lowest BCUT2D eigenvalue weighted by atomic mass is 10.1. The first kappa shape index (κ1) is 13.8. The van der Waals surface area contributed by atoms with Gasteiger partial charge in [-0.25, -0.2) is 0 Å². The largest absolute Gasteiger partial charge is 0.492 e. The molecule has 1 aromatic rings. The zero-order valence-electron chi connectivity index (χ0n) is 10.9. The number of para-hydroxylation sites is 1. The summed E-state index contributed by atoms with van der Waals surface area (Å²) in [5.74, 6) is -0.479. The van der Waals surface area contributed by atoms with Crippen molar-refractivity contribution in [2.45, 2.75) is 18.9 Å². The summed E-state index contributed by atoms with van der Waals surface area (Å²) in [7, 11) is 0. The fraction of sp³-hybridized carbons (Fsp3) is 0.500. The normalized spacial score (nSPS) is 17.3. The summed E-state index contributed by atoms with van der Waals surface area (Å²) < 4.78 is 5.69. The number of benzene rings is 1. The van der Waals surface area contributed by atoms with E-state index in [4.69, 9.17) is 15.6 Å². The van der Waals surface area contributed by atoms with E-state index in [1.807, 2.05) is 6.07 Å². The summed E-state index contributed by atoms with van der Waals surface area (Å²) in [4.78, 5) is 13.3. The van der Waals surface area contributed by atoms with E-state index in [1.165, 1.54) is 12.8 Å². The third-order valence-electron chi connectivity index (χ3n) is 3.38. The molecule has 19 heavy (non-hydrogen) atoms. The van der Waals surface area contributed by atoms with Crippen LogP contribution < -0.4 is 10.5 Å². The van der Waals surface area contributed by atoms with Gasteiger partial charge >= 0.3 is 5.97 Å². The van der Waals surface area contributed by atoms with Crippen molar-refractivity contribution in [3.63, 3.8) is 0 Å². The first-order valence-corrected chi connectivity index (χ1v) is 6.61. The van der Waals surface area contributed by atoms with E-state index < -0.39 is 12.0 Å². The van der Waals surface area contributed by atoms with Gasteiger partial charge in [-0.2, -0.15) is 0 Å². The molecule has 1 heterocycles. The Morgan fingerprint density at radius 2 is 2.05 bits per heavy atom. The zero-order valence-corrected chi connectivity index (χ0v) is 10.9. The molecule has 5 heteroatoms. The minimum absolute atomic E-state index is 0.524. The average Bonchev–Trinajstić information content (AvgIpc) is 2.91. The van der Waals surface area contributed by atoms with E-state index in [1.54, 1.807) is 18.2 Å². The minimum Gasteiger partial charge on any atom is -0.492 e. The van der Waals surface area contributed by atoms with Gasteiger partial charge in [0, 0.05) is 12.1 Å². The van der Waals surface area contributed by atoms with E-state index in [2.05, 4.69) is 4.90 Å². The fourth-order valence-corrected chi connectivity index (χ4v) is 2.29. The standard InChI is InChI=1S/C14H20N2O3/c15-13(14(17)18)11-5-1-2-6-12(11)19-10-9-16-7-3-4-8-16/h1-2,5-6,13H,3-4,7-10,15H2,(H,17,18)/t13-/m0/s1. The van der Waals surface area contributed by atoms with Crippen LogP contribution in [-0.4, -0.2) is 42.2 Å². The van der Waals surface area contributed by atoms with Gasteiger partial charge < -0.3 is 15.6 Å². The molecule has 1 aromatic carbocycles. The summed E-state index contributed by atoms with van der Waals surface area (Å²) >= 11 is 0. The van der Waals surface area contributed by atoms with Crippen molar-refractivity contribution in [1.82, 2.24) is 4.90 Å². The lowest BCUT2D eigenvalue weighted by molar-refractivity contribution is -0.138. The molecule has 0 bridgehead atoms. The maximum absolute atomic E-state index is 10.9. The number of nitrogens with two attached hydrogens (primary N) is 1. The average molecular weight is 264 g/mol. The van der Waals surface area contributed by atoms with E-state index in [0.29, 0.717) is 17.9 Å². The Hall–Kier alpha value is -1.59. The van der Waals surface area contributed by atoms with Gasteiger partial charge in [0.25, 0.3) is 0 Å². The third kappa shape index (κ3) is 3.68. The van der Waals surface area contributed by atoms with Gasteiger partial charge in [-0.3, -0.25) is 9.69 Å². The van der Waals surface area contributed by atoms with E-state index in [-0.39, 0.29) is 0 Å². The number of carbonyl (C=O) groups is 1. The van der Waals surface area contributed by atoms with Gasteiger partial charge in [-0.05, 0) is 32.0 Å². The van der Waals surface area contributed by atoms with Crippen molar-refractivity contribution in [3.8, 4) is 5.75 Å². The molecule has 0 aliphatic carbocycles. The predicted octanol–water partition coefficient (Wildman–Crippen LogP) is 1.25. The molecule has 0 unspecified atom stereocenters. The van der Waals surface area contributed by atoms with Crippen LogP contribution in [0.15, 0.2) is 24.3 Å². The molecule has 1 aliphatic heterocycles. The minimum atomic E-state index is -1.05. The number of hydrogen-bond donors (Lipinski definition) is 2. The highest BCUT2D eigenvalue weighted by Gasteiger charge is 2.18. The van der Waals surface area contributed by atoms with Gasteiger partial charge in [-0.1, -0.05) is 18.2 Å². The van der Waals surface area contributed by atoms with Crippen LogP contribution in [0.4, 0.5) is 0 Å². The van der Waals surface area contributed by atoms with Crippen molar-refractivity contribution in [2.75, 3.05) is 26.2 Å². The van der Waals surface area contributed by atoms with Crippen LogP contribution in [0.2, 0.25) is 0 Å². The van der Waals surface area contributed by atoms with Crippen LogP contribution in [0.25, 0.3) is 0 Å². The molecule has 1 saturated heterocycles. The number of hydrogen-bond acceptors (Lipinski definition) is 4. The number of carboxylic acid groups (broad SMARTS) is 1. The number of ether oxygens (including phenoxy) is 1. The second-order valence-electron chi connectivity index (χ2n) is 4.75. The van der Waals surface area contributed by atoms with Crippen molar-refractivity contribution in [2.24, 2.45) is 5.73 Å². The number of nitrogens with zero attached hydrogens (tertiary/aromatic N) is 1. The van der Waals surface area contributed by atoms with Gasteiger partial charge in [0.2, 0.25) is 0 Å². The first-order valence-electron chi connectivity index (χ1n) is 6.61. The summed E-state index contributed by atoms with van der Waals surface area (Å²) in [5.41, 5.74) is 6.17. The summed E-state index contributed by atoms with van der Waals surface area (Å²) in [6, 6.07) is 6.02. The van der Waals surface area contributed by atoms with Gasteiger partial charge in [0.05, 0.1) is 0 Å². The topological polar surface area (TPSA) is 75.8 Å². The van der Waals surface area contributed by atoms with Crippen LogP contribution >= 0.6 is 0 Å². The maximum Gasteiger partial charge on any atom is 0.325 e. The van der Waals surface area contributed by atoms with Crippen LogP contribution in [0.3, 0.4) is 0 Å². The molecule has 0 radical (unpaired) electrons. The number of aliphatic carboxylic acids is 1. The molecule has 1 fully saturated rings. The molecular formula is C14H20N2O3. The number of carboxylic acids is 1. The number of likely N-dealkylation sites (tertiary alicyclic amines) is 1. The molecule has 5 nitrogen and oxygen atoms in total. The molecule has 0 amide bonds. The third-order valence-corrected chi connectivity index (χ3v) is 3.38. The zero-order chi connectivity index (χ0) is 13.7. The Balaban J connectivity index is 1.93. The highest BCUT2D eigenvalue weighted by atomic mass is 16.5. The van der Waals surface area contributed by atoms with Crippen LogP contribution in [0.1, 0.15) is 24.4 Å². The smallest absolute Gasteiger partial charge is 0.325 e. The van der Waals surface area contributed by atoms with Crippen molar-refractivity contribution < 1.29 is 14.6 Å². The molecule has 104 valence electrons. The molecule has 2 rings (SSSR count). The van der Waals surface area contributed by atoms with Gasteiger partial charge in [0.1, 0.15) is 18.4 Å². The lowest BCUT2D eigenvalue weighted by Crippen LogP contribution is -2.26. The predicted molar refractivity (Wildman–Crippen MR) is 72.2 cm³/mol. The Bertz CT molecular complexity index is 430. The van der Waals surface area contributed by atoms with Gasteiger partial charge in [0.15, 0.2) is 0 Å². The van der Waals surface area contributed by atoms with E-state index in [0.717, 1.165) is 19.6 Å². The molecular weight excluding hydrogens is 244 g/mol. The lowest BCUT2D eigenvalue weighted by Gasteiger charge is -2.17. The Morgan fingerprint density at radius 3 is 2.74 bits per heavy atom. The second-order valence-corrected chi connectivity index (χ2v) is 4.75. The quantitative estimate of drug-likeness (QED) is 0.808. The molecule has 1 atom stereocenters. The van der Waals surface area contributed by atoms with Gasteiger partial charge in [-0.15, -0.1) is 0 Å². The molecule has 0 aromatic heterocycles. The van der Waals surface area contributed by atoms with Crippen molar-refractivity contribution in [3.05, 3.63) is 29.8 Å². The molecule has 0 saturated carbocycles. The van der Waals surface area contributed by atoms with Crippen molar-refractivity contribution >= 4 is 5.97 Å². The fourth-order valence-electron chi connectivity index (χ4n) is 2.29. The summed E-state index contributed by atoms with van der Waals surface area (Å²) in [6.07, 6.45) is 2.50. The van der Waals surface area contributed by atoms with Crippen LogP contribution in [0.5, 0.6) is 5.75 Å². The summed E-state index contributed by atoms with van der Waals surface area (Å²) in [5, 5.41) is 8.97. The Kier molecular flexibility index (Phi) is 4.76. The van der Waals surface area contributed by atoms with Crippen molar-refractivity contribution in [1.29, 1.82) is 0 Å². The van der Waals surface area contributed by atoms with E-state index >= 15 is 0 Å². The SMILES string of the molecule is N[C@H](C(=O)O)c1ccccc1OCCN1CCCC1. The molecule has 0 spiro atoms. The first-order chi connectivity index (χ1) is 9.18. The van der Waals surface area contributed by atoms with Crippen LogP contribution in [-0.2, 0) is 4.79 Å².